The average Bonchev–Trinajstić information content (AvgIpc) is 2.80. The lowest BCUT2D eigenvalue weighted by atomic mass is 10.1. The molecule has 0 saturated carbocycles. The molecule has 1 heterocycles. The number of para-hydroxylation sites is 1. The quantitative estimate of drug-likeness (QED) is 0.413. The van der Waals surface area contributed by atoms with Gasteiger partial charge in [-0.1, -0.05) is 41.9 Å². The van der Waals surface area contributed by atoms with Crippen LogP contribution in [0.3, 0.4) is 0 Å². The summed E-state index contributed by atoms with van der Waals surface area (Å²) in [7, 11) is 1.69. The molecule has 168 valence electrons. The first-order valence-corrected chi connectivity index (χ1v) is 11.0. The fourth-order valence-electron chi connectivity index (χ4n) is 3.78. The number of hydrogen-bond acceptors (Lipinski definition) is 3. The zero-order valence-electron chi connectivity index (χ0n) is 19.0. The number of aromatic nitrogens is 2. The van der Waals surface area contributed by atoms with Crippen LogP contribution in [-0.2, 0) is 0 Å². The molecule has 0 saturated heterocycles. The second kappa shape index (κ2) is 9.08. The topological polar surface area (TPSA) is 67.2 Å². The van der Waals surface area contributed by atoms with Crippen LogP contribution in [0.1, 0.15) is 29.9 Å². The minimum absolute atomic E-state index is 0.208. The van der Waals surface area contributed by atoms with Gasteiger partial charge in [-0.15, -0.1) is 0 Å². The summed E-state index contributed by atoms with van der Waals surface area (Å²) in [6.45, 7) is 5.68. The Balaban J connectivity index is 1.82. The molecule has 4 aromatic rings. The molecule has 0 aliphatic rings. The van der Waals surface area contributed by atoms with Gasteiger partial charge in [-0.3, -0.25) is 9.36 Å². The number of rotatable bonds is 4. The van der Waals surface area contributed by atoms with E-state index < -0.39 is 6.04 Å². The van der Waals surface area contributed by atoms with E-state index in [0.29, 0.717) is 33.1 Å². The van der Waals surface area contributed by atoms with E-state index in [0.717, 1.165) is 11.1 Å². The average molecular weight is 461 g/mol. The Morgan fingerprint density at radius 1 is 1.06 bits per heavy atom. The fraction of sp³-hybridized carbons (Fsp3) is 0.192. The largest absolute Gasteiger partial charge is 0.322 e. The monoisotopic (exact) mass is 460 g/mol. The Kier molecular flexibility index (Phi) is 6.20. The molecule has 1 unspecified atom stereocenters. The minimum atomic E-state index is -0.509. The van der Waals surface area contributed by atoms with E-state index in [-0.39, 0.29) is 11.6 Å². The van der Waals surface area contributed by atoms with E-state index >= 15 is 0 Å². The first-order valence-electron chi connectivity index (χ1n) is 10.7. The summed E-state index contributed by atoms with van der Waals surface area (Å²) in [5.74, 6) is 0.450. The predicted octanol–water partition coefficient (Wildman–Crippen LogP) is 5.88. The van der Waals surface area contributed by atoms with Crippen LogP contribution >= 0.6 is 11.6 Å². The van der Waals surface area contributed by atoms with E-state index in [1.165, 1.54) is 4.90 Å². The summed E-state index contributed by atoms with van der Waals surface area (Å²) in [4.78, 5) is 33.0. The zero-order chi connectivity index (χ0) is 23.7. The van der Waals surface area contributed by atoms with E-state index in [1.807, 2.05) is 63.2 Å². The maximum absolute atomic E-state index is 13.6. The van der Waals surface area contributed by atoms with Crippen molar-refractivity contribution in [2.45, 2.75) is 26.8 Å². The van der Waals surface area contributed by atoms with Gasteiger partial charge in [0.15, 0.2) is 0 Å². The molecule has 1 aromatic heterocycles. The normalized spacial score (nSPS) is 11.9. The van der Waals surface area contributed by atoms with Gasteiger partial charge >= 0.3 is 6.03 Å². The van der Waals surface area contributed by atoms with Crippen molar-refractivity contribution in [1.29, 1.82) is 0 Å². The van der Waals surface area contributed by atoms with Crippen molar-refractivity contribution in [3.63, 3.8) is 0 Å². The molecule has 4 rings (SSSR count). The van der Waals surface area contributed by atoms with E-state index in [1.54, 1.807) is 35.9 Å². The van der Waals surface area contributed by atoms with Gasteiger partial charge in [0.05, 0.1) is 22.6 Å². The van der Waals surface area contributed by atoms with Crippen molar-refractivity contribution in [1.82, 2.24) is 14.5 Å². The lowest BCUT2D eigenvalue weighted by Crippen LogP contribution is -2.37. The smallest absolute Gasteiger partial charge is 0.318 e. The summed E-state index contributed by atoms with van der Waals surface area (Å²) < 4.78 is 1.56. The number of nitrogens with zero attached hydrogens (tertiary/aromatic N) is 3. The molecule has 0 aliphatic heterocycles. The molecule has 33 heavy (non-hydrogen) atoms. The first kappa shape index (κ1) is 22.6. The summed E-state index contributed by atoms with van der Waals surface area (Å²) in [6.07, 6.45) is 0. The maximum atomic E-state index is 13.6. The van der Waals surface area contributed by atoms with Gasteiger partial charge in [0.1, 0.15) is 5.82 Å². The van der Waals surface area contributed by atoms with Crippen LogP contribution in [0.15, 0.2) is 71.5 Å². The molecule has 3 aromatic carbocycles. The third-order valence-corrected chi connectivity index (χ3v) is 6.24. The summed E-state index contributed by atoms with van der Waals surface area (Å²) in [6, 6.07) is 19.4. The van der Waals surface area contributed by atoms with Gasteiger partial charge in [0.25, 0.3) is 5.56 Å². The minimum Gasteiger partial charge on any atom is -0.318 e. The van der Waals surface area contributed by atoms with E-state index in [9.17, 15) is 9.59 Å². The van der Waals surface area contributed by atoms with Crippen LogP contribution in [0.5, 0.6) is 0 Å². The van der Waals surface area contributed by atoms with Crippen molar-refractivity contribution < 1.29 is 4.79 Å². The molecule has 0 spiro atoms. The van der Waals surface area contributed by atoms with E-state index in [4.69, 9.17) is 16.6 Å². The van der Waals surface area contributed by atoms with Crippen molar-refractivity contribution in [3.05, 3.63) is 99.1 Å². The lowest BCUT2D eigenvalue weighted by molar-refractivity contribution is 0.205. The van der Waals surface area contributed by atoms with Crippen LogP contribution < -0.4 is 10.9 Å². The summed E-state index contributed by atoms with van der Waals surface area (Å²) >= 11 is 6.37. The molecular formula is C26H25ClN4O2. The fourth-order valence-corrected chi connectivity index (χ4v) is 3.95. The van der Waals surface area contributed by atoms with Gasteiger partial charge < -0.3 is 10.2 Å². The SMILES string of the molecule is Cc1cccc(NC(=O)N(C)C(C)c2nc3ccccc3c(=O)n2-c2cccc(Cl)c2C)c1. The number of benzene rings is 3. The van der Waals surface area contributed by atoms with Crippen LogP contribution in [0.25, 0.3) is 16.6 Å². The molecule has 6 nitrogen and oxygen atoms in total. The summed E-state index contributed by atoms with van der Waals surface area (Å²) in [5, 5.41) is 3.97. The van der Waals surface area contributed by atoms with Crippen molar-refractivity contribution in [3.8, 4) is 5.69 Å². The third kappa shape index (κ3) is 4.34. The number of fused-ring (bicyclic) bond motifs is 1. The molecule has 0 aliphatic carbocycles. The number of halogens is 1. The van der Waals surface area contributed by atoms with Crippen LogP contribution in [0.2, 0.25) is 5.02 Å². The molecule has 7 heteroatoms. The van der Waals surface area contributed by atoms with Gasteiger partial charge in [-0.25, -0.2) is 9.78 Å². The van der Waals surface area contributed by atoms with Gasteiger partial charge in [0, 0.05) is 17.8 Å². The Morgan fingerprint density at radius 2 is 1.79 bits per heavy atom. The third-order valence-electron chi connectivity index (χ3n) is 5.83. The molecule has 1 atom stereocenters. The number of amides is 2. The zero-order valence-corrected chi connectivity index (χ0v) is 19.7. The molecule has 0 radical (unpaired) electrons. The second-order valence-corrected chi connectivity index (χ2v) is 8.51. The summed E-state index contributed by atoms with van der Waals surface area (Å²) in [5.41, 5.74) is 3.52. The van der Waals surface area contributed by atoms with Crippen molar-refractivity contribution >= 4 is 34.2 Å². The molecule has 2 amide bonds. The molecule has 0 bridgehead atoms. The van der Waals surface area contributed by atoms with Gasteiger partial charge in [-0.2, -0.15) is 0 Å². The Bertz CT molecular complexity index is 1410. The highest BCUT2D eigenvalue weighted by atomic mass is 35.5. The Morgan fingerprint density at radius 3 is 2.55 bits per heavy atom. The first-order chi connectivity index (χ1) is 15.8. The van der Waals surface area contributed by atoms with Gasteiger partial charge in [0.2, 0.25) is 0 Å². The predicted molar refractivity (Wildman–Crippen MR) is 133 cm³/mol. The number of urea groups is 1. The Hall–Kier alpha value is -3.64. The van der Waals surface area contributed by atoms with Crippen molar-refractivity contribution in [2.24, 2.45) is 0 Å². The standard InChI is InChI=1S/C26H25ClN4O2/c1-16-9-7-10-19(15-16)28-26(33)30(4)18(3)24-29-22-13-6-5-11-20(22)25(32)31(24)23-14-8-12-21(27)17(23)2/h5-15,18H,1-4H3,(H,28,33). The van der Waals surface area contributed by atoms with Crippen molar-refractivity contribution in [2.75, 3.05) is 12.4 Å². The lowest BCUT2D eigenvalue weighted by Gasteiger charge is -2.27. The van der Waals surface area contributed by atoms with Crippen LogP contribution in [0.4, 0.5) is 10.5 Å². The maximum Gasteiger partial charge on any atom is 0.322 e. The number of nitrogens with one attached hydrogen (secondary N) is 1. The number of carbonyl (C=O) groups is 1. The van der Waals surface area contributed by atoms with Gasteiger partial charge in [-0.05, 0) is 68.3 Å². The van der Waals surface area contributed by atoms with Crippen LogP contribution in [-0.4, -0.2) is 27.5 Å². The van der Waals surface area contributed by atoms with Crippen LogP contribution in [0, 0.1) is 13.8 Å². The van der Waals surface area contributed by atoms with E-state index in [2.05, 4.69) is 5.32 Å². The Labute approximate surface area is 197 Å². The number of aryl methyl sites for hydroxylation is 1. The molecule has 1 N–H and O–H groups in total. The number of hydrogen-bond donors (Lipinski definition) is 1. The number of carbonyl (C=O) groups excluding carboxylic acids is 1. The molecular weight excluding hydrogens is 436 g/mol. The number of anilines is 1. The highest BCUT2D eigenvalue weighted by molar-refractivity contribution is 6.31. The highest BCUT2D eigenvalue weighted by Crippen LogP contribution is 2.27. The second-order valence-electron chi connectivity index (χ2n) is 8.10. The highest BCUT2D eigenvalue weighted by Gasteiger charge is 2.25. The molecule has 0 fully saturated rings.